The molecule has 0 spiro atoms. The van der Waals surface area contributed by atoms with E-state index in [4.69, 9.17) is 16.3 Å². The van der Waals surface area contributed by atoms with Crippen molar-refractivity contribution >= 4 is 23.3 Å². The minimum absolute atomic E-state index is 0.0171. The Labute approximate surface area is 146 Å². The maximum Gasteiger partial charge on any atom is 0.310 e. The van der Waals surface area contributed by atoms with Crippen molar-refractivity contribution in [1.82, 2.24) is 4.90 Å². The van der Waals surface area contributed by atoms with Crippen LogP contribution in [0.4, 0.5) is 5.69 Å². The third kappa shape index (κ3) is 5.18. The van der Waals surface area contributed by atoms with Crippen molar-refractivity contribution in [1.29, 1.82) is 0 Å². The van der Waals surface area contributed by atoms with Crippen molar-refractivity contribution in [2.75, 3.05) is 20.6 Å². The van der Waals surface area contributed by atoms with Crippen LogP contribution in [0, 0.1) is 16.0 Å². The van der Waals surface area contributed by atoms with Gasteiger partial charge in [-0.25, -0.2) is 0 Å². The summed E-state index contributed by atoms with van der Waals surface area (Å²) in [4.78, 5) is 24.7. The molecule has 1 aliphatic carbocycles. The molecule has 2 rings (SSSR count). The van der Waals surface area contributed by atoms with Crippen LogP contribution in [-0.2, 0) is 16.0 Å². The molecule has 1 aromatic carbocycles. The molecule has 0 saturated heterocycles. The van der Waals surface area contributed by atoms with E-state index in [1.165, 1.54) is 12.1 Å². The fourth-order valence-electron chi connectivity index (χ4n) is 3.19. The van der Waals surface area contributed by atoms with Crippen molar-refractivity contribution in [3.05, 3.63) is 38.9 Å². The molecule has 0 N–H and O–H groups in total. The number of carbonyl (C=O) groups excluding carboxylic acids is 1. The van der Waals surface area contributed by atoms with Crippen molar-refractivity contribution < 1.29 is 14.5 Å². The van der Waals surface area contributed by atoms with E-state index >= 15 is 0 Å². The number of esters is 1. The summed E-state index contributed by atoms with van der Waals surface area (Å²) < 4.78 is 5.67. The number of nitro benzene ring substituents is 1. The number of carbonyl (C=O) groups is 1. The van der Waals surface area contributed by atoms with E-state index in [-0.39, 0.29) is 29.2 Å². The molecule has 1 fully saturated rings. The lowest BCUT2D eigenvalue weighted by Crippen LogP contribution is -2.36. The van der Waals surface area contributed by atoms with Gasteiger partial charge in [0.25, 0.3) is 5.69 Å². The Bertz CT molecular complexity index is 606. The van der Waals surface area contributed by atoms with Crippen LogP contribution < -0.4 is 0 Å². The molecule has 6 nitrogen and oxygen atoms in total. The van der Waals surface area contributed by atoms with E-state index in [1.54, 1.807) is 6.07 Å². The van der Waals surface area contributed by atoms with Gasteiger partial charge in [-0.05, 0) is 45.0 Å². The highest BCUT2D eigenvalue weighted by molar-refractivity contribution is 6.32. The minimum atomic E-state index is -0.550. The predicted octanol–water partition coefficient (Wildman–Crippen LogP) is 3.45. The first kappa shape index (κ1) is 18.7. The highest BCUT2D eigenvalue weighted by Gasteiger charge is 2.28. The number of halogens is 1. The van der Waals surface area contributed by atoms with E-state index in [2.05, 4.69) is 4.90 Å². The number of ether oxygens (including phenoxy) is 1. The molecule has 0 bridgehead atoms. The highest BCUT2D eigenvalue weighted by Crippen LogP contribution is 2.28. The summed E-state index contributed by atoms with van der Waals surface area (Å²) in [5.74, 6) is -0.000435. The maximum absolute atomic E-state index is 12.2. The number of nitrogens with zero attached hydrogens (tertiary/aromatic N) is 2. The lowest BCUT2D eigenvalue weighted by Gasteiger charge is -2.32. The van der Waals surface area contributed by atoms with Crippen LogP contribution >= 0.6 is 11.6 Å². The fraction of sp³-hybridized carbons (Fsp3) is 0.588. The number of hydrogen-bond donors (Lipinski definition) is 0. The lowest BCUT2D eigenvalue weighted by molar-refractivity contribution is -0.384. The molecule has 1 saturated carbocycles. The van der Waals surface area contributed by atoms with E-state index in [1.807, 2.05) is 14.1 Å². The SMILES string of the molecule is CN(C)C[C@@H]1CCCC[C@H]1OC(=O)Cc1ccc(Cl)c([N+](=O)[O-])c1. The first-order valence-electron chi connectivity index (χ1n) is 8.14. The molecule has 0 unspecified atom stereocenters. The Kier molecular flexibility index (Phi) is 6.57. The van der Waals surface area contributed by atoms with Gasteiger partial charge in [0, 0.05) is 18.5 Å². The van der Waals surface area contributed by atoms with Gasteiger partial charge < -0.3 is 9.64 Å². The minimum Gasteiger partial charge on any atom is -0.462 e. The van der Waals surface area contributed by atoms with Crippen molar-refractivity contribution in [3.8, 4) is 0 Å². The summed E-state index contributed by atoms with van der Waals surface area (Å²) in [7, 11) is 4.03. The Morgan fingerprint density at radius 3 is 2.75 bits per heavy atom. The molecule has 0 heterocycles. The van der Waals surface area contributed by atoms with Gasteiger partial charge in [0.2, 0.25) is 0 Å². The van der Waals surface area contributed by atoms with E-state index in [9.17, 15) is 14.9 Å². The van der Waals surface area contributed by atoms with Gasteiger partial charge in [-0.1, -0.05) is 24.1 Å². The molecule has 132 valence electrons. The van der Waals surface area contributed by atoms with Crippen LogP contribution in [0.25, 0.3) is 0 Å². The lowest BCUT2D eigenvalue weighted by atomic mass is 9.86. The smallest absolute Gasteiger partial charge is 0.310 e. The van der Waals surface area contributed by atoms with Crippen LogP contribution in [0.15, 0.2) is 18.2 Å². The molecule has 0 aromatic heterocycles. The van der Waals surface area contributed by atoms with Crippen LogP contribution in [0.3, 0.4) is 0 Å². The second-order valence-electron chi connectivity index (χ2n) is 6.55. The van der Waals surface area contributed by atoms with Crippen LogP contribution in [0.5, 0.6) is 0 Å². The molecular formula is C17H23ClN2O4. The van der Waals surface area contributed by atoms with Gasteiger partial charge in [-0.3, -0.25) is 14.9 Å². The second kappa shape index (κ2) is 8.44. The standard InChI is InChI=1S/C17H23ClN2O4/c1-19(2)11-13-5-3-4-6-16(13)24-17(21)10-12-7-8-14(18)15(9-12)20(22)23/h7-9,13,16H,3-6,10-11H2,1-2H3/t13-,16+/m0/s1. The summed E-state index contributed by atoms with van der Waals surface area (Å²) in [5, 5.41) is 11.0. The third-order valence-corrected chi connectivity index (χ3v) is 4.60. The van der Waals surface area contributed by atoms with Gasteiger partial charge in [0.15, 0.2) is 0 Å². The Morgan fingerprint density at radius 2 is 2.08 bits per heavy atom. The van der Waals surface area contributed by atoms with Crippen LogP contribution in [0.1, 0.15) is 31.2 Å². The van der Waals surface area contributed by atoms with Gasteiger partial charge in [0.1, 0.15) is 11.1 Å². The molecule has 24 heavy (non-hydrogen) atoms. The normalized spacial score (nSPS) is 20.8. The summed E-state index contributed by atoms with van der Waals surface area (Å²) in [6, 6.07) is 4.40. The number of nitro groups is 1. The molecule has 1 aliphatic rings. The van der Waals surface area contributed by atoms with Gasteiger partial charge in [-0.15, -0.1) is 0 Å². The van der Waals surface area contributed by atoms with Gasteiger partial charge in [-0.2, -0.15) is 0 Å². The molecule has 0 aliphatic heterocycles. The zero-order valence-electron chi connectivity index (χ0n) is 14.0. The first-order chi connectivity index (χ1) is 11.4. The molecule has 2 atom stereocenters. The molecular weight excluding hydrogens is 332 g/mol. The topological polar surface area (TPSA) is 72.7 Å². The third-order valence-electron chi connectivity index (χ3n) is 4.28. The fourth-order valence-corrected chi connectivity index (χ4v) is 3.38. The molecule has 7 heteroatoms. The van der Waals surface area contributed by atoms with Crippen molar-refractivity contribution in [2.45, 2.75) is 38.2 Å². The Balaban J connectivity index is 1.99. The molecule has 1 aromatic rings. The largest absolute Gasteiger partial charge is 0.462 e. The molecule has 0 radical (unpaired) electrons. The average molecular weight is 355 g/mol. The van der Waals surface area contributed by atoms with Crippen LogP contribution in [-0.4, -0.2) is 42.5 Å². The Hall–Kier alpha value is -1.66. The number of hydrogen-bond acceptors (Lipinski definition) is 5. The van der Waals surface area contributed by atoms with Crippen molar-refractivity contribution in [2.24, 2.45) is 5.92 Å². The summed E-state index contributed by atoms with van der Waals surface area (Å²) in [5.41, 5.74) is 0.348. The predicted molar refractivity (Wildman–Crippen MR) is 92.2 cm³/mol. The van der Waals surface area contributed by atoms with Crippen molar-refractivity contribution in [3.63, 3.8) is 0 Å². The quantitative estimate of drug-likeness (QED) is 0.444. The maximum atomic E-state index is 12.2. The Morgan fingerprint density at radius 1 is 1.38 bits per heavy atom. The highest BCUT2D eigenvalue weighted by atomic mass is 35.5. The van der Waals surface area contributed by atoms with Gasteiger partial charge in [0.05, 0.1) is 11.3 Å². The zero-order chi connectivity index (χ0) is 17.7. The second-order valence-corrected chi connectivity index (χ2v) is 6.96. The summed E-state index contributed by atoms with van der Waals surface area (Å²) in [6.45, 7) is 0.893. The summed E-state index contributed by atoms with van der Waals surface area (Å²) in [6.07, 6.45) is 4.11. The summed E-state index contributed by atoms with van der Waals surface area (Å²) >= 11 is 5.79. The van der Waals surface area contributed by atoms with E-state index in [0.29, 0.717) is 11.5 Å². The first-order valence-corrected chi connectivity index (χ1v) is 8.51. The van der Waals surface area contributed by atoms with E-state index in [0.717, 1.165) is 32.2 Å². The monoisotopic (exact) mass is 354 g/mol. The number of rotatable bonds is 6. The van der Waals surface area contributed by atoms with Crippen LogP contribution in [0.2, 0.25) is 5.02 Å². The zero-order valence-corrected chi connectivity index (χ0v) is 14.8. The average Bonchev–Trinajstić information content (AvgIpc) is 2.50. The van der Waals surface area contributed by atoms with Gasteiger partial charge >= 0.3 is 5.97 Å². The van der Waals surface area contributed by atoms with E-state index < -0.39 is 4.92 Å². The molecule has 0 amide bonds. The number of benzene rings is 1.